The summed E-state index contributed by atoms with van der Waals surface area (Å²) < 4.78 is 5.07. The number of halogens is 1. The average Bonchev–Trinajstić information content (AvgIpc) is 2.61. The number of allylic oxidation sites excluding steroid dienone is 3. The SMILES string of the molecule is COC(=O)C1=C(C)NC(C)=C(c2ccccc2)C1c1cccc(Cl)c1. The molecule has 2 aromatic carbocycles. The second kappa shape index (κ2) is 7.16. The van der Waals surface area contributed by atoms with Crippen molar-refractivity contribution in [2.24, 2.45) is 0 Å². The zero-order valence-electron chi connectivity index (χ0n) is 14.5. The summed E-state index contributed by atoms with van der Waals surface area (Å²) in [4.78, 5) is 12.6. The highest BCUT2D eigenvalue weighted by atomic mass is 35.5. The lowest BCUT2D eigenvalue weighted by molar-refractivity contribution is -0.136. The Labute approximate surface area is 153 Å². The van der Waals surface area contributed by atoms with Crippen molar-refractivity contribution in [3.05, 3.63) is 87.7 Å². The van der Waals surface area contributed by atoms with Crippen LogP contribution in [0.3, 0.4) is 0 Å². The van der Waals surface area contributed by atoms with Gasteiger partial charge in [-0.15, -0.1) is 0 Å². The molecular formula is C21H20ClNO2. The first-order valence-electron chi connectivity index (χ1n) is 8.10. The Bertz CT molecular complexity index is 868. The van der Waals surface area contributed by atoms with E-state index in [0.717, 1.165) is 28.1 Å². The van der Waals surface area contributed by atoms with Gasteiger partial charge in [0.25, 0.3) is 0 Å². The average molecular weight is 354 g/mol. The van der Waals surface area contributed by atoms with Crippen molar-refractivity contribution in [3.8, 4) is 0 Å². The van der Waals surface area contributed by atoms with E-state index in [-0.39, 0.29) is 11.9 Å². The maximum atomic E-state index is 12.6. The van der Waals surface area contributed by atoms with E-state index in [1.165, 1.54) is 7.11 Å². The topological polar surface area (TPSA) is 38.3 Å². The number of dihydropyridines is 1. The van der Waals surface area contributed by atoms with Crippen LogP contribution < -0.4 is 5.32 Å². The summed E-state index contributed by atoms with van der Waals surface area (Å²) in [5.74, 6) is -0.578. The van der Waals surface area contributed by atoms with Gasteiger partial charge in [0, 0.05) is 22.3 Å². The summed E-state index contributed by atoms with van der Waals surface area (Å²) in [5.41, 5.74) is 5.50. The second-order valence-electron chi connectivity index (χ2n) is 6.05. The second-order valence-corrected chi connectivity index (χ2v) is 6.48. The minimum Gasteiger partial charge on any atom is -0.466 e. The predicted octanol–water partition coefficient (Wildman–Crippen LogP) is 4.91. The fraction of sp³-hybridized carbons (Fsp3) is 0.190. The van der Waals surface area contributed by atoms with Crippen molar-refractivity contribution < 1.29 is 9.53 Å². The molecular weight excluding hydrogens is 334 g/mol. The molecule has 128 valence electrons. The Morgan fingerprint density at radius 2 is 1.76 bits per heavy atom. The molecule has 3 rings (SSSR count). The van der Waals surface area contributed by atoms with E-state index >= 15 is 0 Å². The fourth-order valence-electron chi connectivity index (χ4n) is 3.39. The van der Waals surface area contributed by atoms with Gasteiger partial charge in [-0.05, 0) is 42.7 Å². The molecule has 0 aromatic heterocycles. The van der Waals surface area contributed by atoms with Gasteiger partial charge in [-0.25, -0.2) is 4.79 Å². The van der Waals surface area contributed by atoms with E-state index in [9.17, 15) is 4.79 Å². The molecule has 4 heteroatoms. The lowest BCUT2D eigenvalue weighted by Crippen LogP contribution is -2.28. The number of hydrogen-bond donors (Lipinski definition) is 1. The molecule has 1 N–H and O–H groups in total. The number of nitrogens with one attached hydrogen (secondary N) is 1. The van der Waals surface area contributed by atoms with Crippen LogP contribution in [-0.4, -0.2) is 13.1 Å². The zero-order chi connectivity index (χ0) is 18.0. The summed E-state index contributed by atoms with van der Waals surface area (Å²) in [6, 6.07) is 17.7. The van der Waals surface area contributed by atoms with Crippen molar-refractivity contribution in [2.75, 3.05) is 7.11 Å². The van der Waals surface area contributed by atoms with Gasteiger partial charge >= 0.3 is 5.97 Å². The smallest absolute Gasteiger partial charge is 0.336 e. The quantitative estimate of drug-likeness (QED) is 0.797. The number of hydrogen-bond acceptors (Lipinski definition) is 3. The highest BCUT2D eigenvalue weighted by Crippen LogP contribution is 2.43. The molecule has 0 bridgehead atoms. The molecule has 1 aliphatic heterocycles. The van der Waals surface area contributed by atoms with Gasteiger partial charge in [0.1, 0.15) is 0 Å². The number of carbonyl (C=O) groups is 1. The highest BCUT2D eigenvalue weighted by molar-refractivity contribution is 6.30. The molecule has 0 saturated heterocycles. The van der Waals surface area contributed by atoms with E-state index in [1.807, 2.05) is 68.4 Å². The Balaban J connectivity index is 2.25. The first kappa shape index (κ1) is 17.3. The molecule has 0 amide bonds. The number of esters is 1. The number of rotatable bonds is 3. The molecule has 25 heavy (non-hydrogen) atoms. The molecule has 0 radical (unpaired) electrons. The molecule has 0 saturated carbocycles. The molecule has 0 fully saturated rings. The molecule has 1 heterocycles. The van der Waals surface area contributed by atoms with Crippen LogP contribution in [0.1, 0.15) is 30.9 Å². The van der Waals surface area contributed by atoms with Gasteiger partial charge < -0.3 is 10.1 Å². The third-order valence-electron chi connectivity index (χ3n) is 4.43. The number of methoxy groups -OCH3 is 1. The summed E-state index contributed by atoms with van der Waals surface area (Å²) >= 11 is 6.23. The normalized spacial score (nSPS) is 17.4. The summed E-state index contributed by atoms with van der Waals surface area (Å²) in [6.07, 6.45) is 0. The van der Waals surface area contributed by atoms with Crippen LogP contribution in [-0.2, 0) is 9.53 Å². The minimum atomic E-state index is -0.337. The standard InChI is InChI=1S/C21H20ClNO2/c1-13-18(15-8-5-4-6-9-15)20(16-10-7-11-17(22)12-16)19(14(2)23-13)21(24)25-3/h4-12,20,23H,1-3H3. The van der Waals surface area contributed by atoms with Crippen LogP contribution in [0.25, 0.3) is 5.57 Å². The molecule has 3 nitrogen and oxygen atoms in total. The zero-order valence-corrected chi connectivity index (χ0v) is 15.2. The van der Waals surface area contributed by atoms with Crippen LogP contribution in [0.2, 0.25) is 5.02 Å². The Morgan fingerprint density at radius 1 is 1.04 bits per heavy atom. The van der Waals surface area contributed by atoms with Gasteiger partial charge in [0.2, 0.25) is 0 Å². The first-order valence-corrected chi connectivity index (χ1v) is 8.48. The van der Waals surface area contributed by atoms with Crippen LogP contribution in [0.5, 0.6) is 0 Å². The molecule has 2 aromatic rings. The maximum absolute atomic E-state index is 12.6. The minimum absolute atomic E-state index is 0.241. The van der Waals surface area contributed by atoms with Crippen molar-refractivity contribution in [1.82, 2.24) is 5.32 Å². The highest BCUT2D eigenvalue weighted by Gasteiger charge is 2.34. The molecule has 1 aliphatic rings. The summed E-state index contributed by atoms with van der Waals surface area (Å²) in [5, 5.41) is 3.97. The number of carbonyl (C=O) groups excluding carboxylic acids is 1. The van der Waals surface area contributed by atoms with Crippen LogP contribution in [0.4, 0.5) is 0 Å². The fourth-order valence-corrected chi connectivity index (χ4v) is 3.59. The molecule has 0 spiro atoms. The monoisotopic (exact) mass is 353 g/mol. The lowest BCUT2D eigenvalue weighted by Gasteiger charge is -2.32. The maximum Gasteiger partial charge on any atom is 0.336 e. The van der Waals surface area contributed by atoms with Crippen LogP contribution in [0.15, 0.2) is 71.6 Å². The van der Waals surface area contributed by atoms with E-state index in [1.54, 1.807) is 0 Å². The van der Waals surface area contributed by atoms with Gasteiger partial charge in [-0.1, -0.05) is 54.1 Å². The Hall–Kier alpha value is -2.52. The third kappa shape index (κ3) is 3.33. The van der Waals surface area contributed by atoms with Crippen LogP contribution in [0, 0.1) is 0 Å². The number of ether oxygens (including phenoxy) is 1. The van der Waals surface area contributed by atoms with Gasteiger partial charge in [0.15, 0.2) is 0 Å². The third-order valence-corrected chi connectivity index (χ3v) is 4.67. The van der Waals surface area contributed by atoms with Crippen LogP contribution >= 0.6 is 11.6 Å². The van der Waals surface area contributed by atoms with Gasteiger partial charge in [0.05, 0.1) is 12.7 Å². The predicted molar refractivity (Wildman–Crippen MR) is 101 cm³/mol. The van der Waals surface area contributed by atoms with Crippen molar-refractivity contribution in [1.29, 1.82) is 0 Å². The summed E-state index contributed by atoms with van der Waals surface area (Å²) in [7, 11) is 1.41. The Kier molecular flexibility index (Phi) is 4.95. The molecule has 0 aliphatic carbocycles. The first-order chi connectivity index (χ1) is 12.0. The summed E-state index contributed by atoms with van der Waals surface area (Å²) in [6.45, 7) is 3.92. The largest absolute Gasteiger partial charge is 0.466 e. The van der Waals surface area contributed by atoms with Gasteiger partial charge in [-0.3, -0.25) is 0 Å². The lowest BCUT2D eigenvalue weighted by atomic mass is 9.77. The van der Waals surface area contributed by atoms with E-state index in [0.29, 0.717) is 10.6 Å². The molecule has 1 unspecified atom stereocenters. The van der Waals surface area contributed by atoms with E-state index in [2.05, 4.69) is 5.32 Å². The van der Waals surface area contributed by atoms with Crippen molar-refractivity contribution in [3.63, 3.8) is 0 Å². The van der Waals surface area contributed by atoms with Gasteiger partial charge in [-0.2, -0.15) is 0 Å². The van der Waals surface area contributed by atoms with E-state index < -0.39 is 0 Å². The van der Waals surface area contributed by atoms with Crippen molar-refractivity contribution in [2.45, 2.75) is 19.8 Å². The number of benzene rings is 2. The molecule has 1 atom stereocenters. The van der Waals surface area contributed by atoms with Crippen molar-refractivity contribution >= 4 is 23.1 Å². The van der Waals surface area contributed by atoms with E-state index in [4.69, 9.17) is 16.3 Å². The Morgan fingerprint density at radius 3 is 2.40 bits per heavy atom.